The van der Waals surface area contributed by atoms with E-state index >= 15 is 0 Å². The molecule has 4 atom stereocenters. The summed E-state index contributed by atoms with van der Waals surface area (Å²) in [5.41, 5.74) is 0.952. The molecule has 2 aliphatic carbocycles. The molecule has 4 rings (SSSR count). The van der Waals surface area contributed by atoms with Crippen molar-refractivity contribution in [2.45, 2.75) is 60.0 Å². The molecule has 190 valence electrons. The quantitative estimate of drug-likeness (QED) is 0.303. The molecule has 2 aliphatic rings. The van der Waals surface area contributed by atoms with Crippen LogP contribution in [0.25, 0.3) is 11.0 Å². The van der Waals surface area contributed by atoms with Crippen molar-refractivity contribution >= 4 is 16.9 Å². The monoisotopic (exact) mass is 484 g/mol. The van der Waals surface area contributed by atoms with Gasteiger partial charge in [0.05, 0.1) is 20.8 Å². The lowest BCUT2D eigenvalue weighted by atomic mass is 9.48. The van der Waals surface area contributed by atoms with Crippen LogP contribution >= 0.6 is 0 Å². The number of rotatable bonds is 6. The molecular weight excluding hydrogens is 448 g/mol. The summed E-state index contributed by atoms with van der Waals surface area (Å²) < 4.78 is 28.9. The highest BCUT2D eigenvalue weighted by molar-refractivity contribution is 5.88. The molecule has 1 aromatic carbocycles. The van der Waals surface area contributed by atoms with Crippen LogP contribution in [0, 0.1) is 22.7 Å². The number of allylic oxidation sites excluding steroid dienone is 1. The minimum Gasteiger partial charge on any atom is -0.493 e. The zero-order valence-corrected chi connectivity index (χ0v) is 21.7. The van der Waals surface area contributed by atoms with Gasteiger partial charge in [0, 0.05) is 29.7 Å². The van der Waals surface area contributed by atoms with Crippen molar-refractivity contribution in [3.05, 3.63) is 40.3 Å². The summed E-state index contributed by atoms with van der Waals surface area (Å²) in [6.45, 7) is 10.8. The van der Waals surface area contributed by atoms with Gasteiger partial charge in [-0.2, -0.15) is 0 Å². The van der Waals surface area contributed by atoms with Crippen molar-refractivity contribution in [2.75, 3.05) is 20.8 Å². The largest absolute Gasteiger partial charge is 0.493 e. The van der Waals surface area contributed by atoms with Crippen LogP contribution in [-0.4, -0.2) is 32.9 Å². The number of benzene rings is 1. The van der Waals surface area contributed by atoms with Crippen molar-refractivity contribution in [1.29, 1.82) is 0 Å². The van der Waals surface area contributed by atoms with Crippen molar-refractivity contribution in [1.82, 2.24) is 0 Å². The van der Waals surface area contributed by atoms with Crippen LogP contribution < -0.4 is 19.8 Å². The maximum Gasteiger partial charge on any atom is 0.336 e. The summed E-state index contributed by atoms with van der Waals surface area (Å²) in [7, 11) is 3.10. The number of methoxy groups -OCH3 is 2. The molecule has 0 spiro atoms. The van der Waals surface area contributed by atoms with E-state index in [2.05, 4.69) is 33.8 Å². The molecule has 1 fully saturated rings. The third kappa shape index (κ3) is 4.30. The number of esters is 1. The first-order chi connectivity index (χ1) is 16.5. The number of carbonyl (C=O) groups is 1. The van der Waals surface area contributed by atoms with Gasteiger partial charge < -0.3 is 23.4 Å². The van der Waals surface area contributed by atoms with Crippen LogP contribution in [0.5, 0.6) is 17.2 Å². The van der Waals surface area contributed by atoms with E-state index in [1.54, 1.807) is 19.2 Å². The molecule has 1 aromatic heterocycles. The second kappa shape index (κ2) is 9.25. The molecule has 1 heterocycles. The second-order valence-corrected chi connectivity index (χ2v) is 10.7. The van der Waals surface area contributed by atoms with E-state index in [-0.39, 0.29) is 28.8 Å². The number of carbonyl (C=O) groups excluding carboxylic acids is 1. The van der Waals surface area contributed by atoms with E-state index < -0.39 is 5.63 Å². The van der Waals surface area contributed by atoms with Gasteiger partial charge in [0.15, 0.2) is 11.3 Å². The molecule has 0 amide bonds. The van der Waals surface area contributed by atoms with Gasteiger partial charge >= 0.3 is 11.6 Å². The summed E-state index contributed by atoms with van der Waals surface area (Å²) in [5, 5.41) is 0.692. The predicted octanol–water partition coefficient (Wildman–Crippen LogP) is 5.53. The Bertz CT molecular complexity index is 1210. The van der Waals surface area contributed by atoms with E-state index in [0.29, 0.717) is 40.7 Å². The highest BCUT2D eigenvalue weighted by Gasteiger charge is 2.56. The zero-order chi connectivity index (χ0) is 25.5. The average Bonchev–Trinajstić information content (AvgIpc) is 2.79. The lowest BCUT2D eigenvalue weighted by molar-refractivity contribution is -0.172. The van der Waals surface area contributed by atoms with Crippen LogP contribution in [0.1, 0.15) is 53.9 Å². The Balaban J connectivity index is 1.68. The van der Waals surface area contributed by atoms with Crippen molar-refractivity contribution in [2.24, 2.45) is 22.7 Å². The molecule has 1 saturated carbocycles. The molecule has 0 bridgehead atoms. The van der Waals surface area contributed by atoms with Crippen LogP contribution in [0.15, 0.2) is 39.1 Å². The molecule has 7 nitrogen and oxygen atoms in total. The van der Waals surface area contributed by atoms with Crippen LogP contribution in [-0.2, 0) is 9.53 Å². The molecule has 0 radical (unpaired) electrons. The predicted molar refractivity (Wildman–Crippen MR) is 133 cm³/mol. The number of hydrogen-bond acceptors (Lipinski definition) is 7. The fourth-order valence-electron chi connectivity index (χ4n) is 6.53. The first-order valence-corrected chi connectivity index (χ1v) is 12.2. The molecule has 0 unspecified atom stereocenters. The van der Waals surface area contributed by atoms with Gasteiger partial charge in [-0.1, -0.05) is 32.4 Å². The fourth-order valence-corrected chi connectivity index (χ4v) is 6.53. The van der Waals surface area contributed by atoms with Crippen molar-refractivity contribution < 1.29 is 28.2 Å². The third-order valence-corrected chi connectivity index (χ3v) is 8.40. The Kier molecular flexibility index (Phi) is 6.64. The maximum absolute atomic E-state index is 11.9. The van der Waals surface area contributed by atoms with Gasteiger partial charge in [-0.3, -0.25) is 4.79 Å². The Morgan fingerprint density at radius 2 is 1.89 bits per heavy atom. The Hall–Kier alpha value is -2.96. The topological polar surface area (TPSA) is 84.2 Å². The summed E-state index contributed by atoms with van der Waals surface area (Å²) >= 11 is 0. The van der Waals surface area contributed by atoms with E-state index in [1.807, 2.05) is 0 Å². The highest BCUT2D eigenvalue weighted by atomic mass is 16.5. The van der Waals surface area contributed by atoms with Crippen LogP contribution in [0.4, 0.5) is 0 Å². The molecule has 0 N–H and O–H groups in total. The third-order valence-electron chi connectivity index (χ3n) is 8.40. The van der Waals surface area contributed by atoms with Gasteiger partial charge in [-0.15, -0.1) is 0 Å². The van der Waals surface area contributed by atoms with E-state index in [0.717, 1.165) is 19.3 Å². The lowest BCUT2D eigenvalue weighted by Crippen LogP contribution is -2.55. The first-order valence-electron chi connectivity index (χ1n) is 12.2. The summed E-state index contributed by atoms with van der Waals surface area (Å²) in [4.78, 5) is 23.6. The molecule has 0 aliphatic heterocycles. The molecular formula is C28H36O7. The number of ether oxygens (including phenoxy) is 4. The molecule has 0 saturated heterocycles. The minimum absolute atomic E-state index is 0.0388. The van der Waals surface area contributed by atoms with Crippen LogP contribution in [0.3, 0.4) is 0 Å². The Labute approximate surface area is 206 Å². The summed E-state index contributed by atoms with van der Waals surface area (Å²) in [6.07, 6.45) is 4.88. The fraction of sp³-hybridized carbons (Fsp3) is 0.571. The standard InChI is InChI=1S/C28H36O7/c1-16-8-10-21-27(3,4)22(34-17(2)29)12-13-28(21,5)19(16)15-33-25-20(31-6)14-18-9-11-23(30)35-24(18)26(25)32-7/h8-9,11,14,19,21-22H,10,12-13,15H2,1-7H3/t19-,21+,22-,28-/m0/s1. The van der Waals surface area contributed by atoms with Crippen molar-refractivity contribution in [3.63, 3.8) is 0 Å². The lowest BCUT2D eigenvalue weighted by Gasteiger charge is -2.58. The average molecular weight is 485 g/mol. The smallest absolute Gasteiger partial charge is 0.336 e. The van der Waals surface area contributed by atoms with E-state index in [9.17, 15) is 9.59 Å². The maximum atomic E-state index is 11.9. The van der Waals surface area contributed by atoms with Gasteiger partial charge in [-0.05, 0) is 49.7 Å². The highest BCUT2D eigenvalue weighted by Crippen LogP contribution is 2.60. The Morgan fingerprint density at radius 3 is 2.54 bits per heavy atom. The van der Waals surface area contributed by atoms with Gasteiger partial charge in [0.2, 0.25) is 11.5 Å². The van der Waals surface area contributed by atoms with Crippen molar-refractivity contribution in [3.8, 4) is 17.2 Å². The second-order valence-electron chi connectivity index (χ2n) is 10.7. The van der Waals surface area contributed by atoms with Crippen LogP contribution in [0.2, 0.25) is 0 Å². The van der Waals surface area contributed by atoms with Gasteiger partial charge in [0.25, 0.3) is 0 Å². The normalized spacial score (nSPS) is 27.5. The zero-order valence-electron chi connectivity index (χ0n) is 21.7. The van der Waals surface area contributed by atoms with E-state index in [1.165, 1.54) is 25.7 Å². The first kappa shape index (κ1) is 25.1. The minimum atomic E-state index is -0.458. The van der Waals surface area contributed by atoms with Gasteiger partial charge in [0.1, 0.15) is 6.10 Å². The molecule has 7 heteroatoms. The molecule has 2 aromatic rings. The Morgan fingerprint density at radius 1 is 1.14 bits per heavy atom. The number of hydrogen-bond donors (Lipinski definition) is 0. The van der Waals surface area contributed by atoms with Gasteiger partial charge in [-0.25, -0.2) is 4.79 Å². The SMILES string of the molecule is COc1cc2ccc(=O)oc2c(OC)c1OC[C@H]1C(C)=CC[C@@H]2C(C)(C)[C@@H](OC(C)=O)CC[C@]21C. The summed E-state index contributed by atoms with van der Waals surface area (Å²) in [6, 6.07) is 4.84. The summed E-state index contributed by atoms with van der Waals surface area (Å²) in [5.74, 6) is 1.52. The number of fused-ring (bicyclic) bond motifs is 2. The molecule has 35 heavy (non-hydrogen) atoms. The van der Waals surface area contributed by atoms with E-state index in [4.69, 9.17) is 23.4 Å².